The summed E-state index contributed by atoms with van der Waals surface area (Å²) in [4.78, 5) is 50.4. The number of Topliss-reactive ketones (excluding diaryl/α,β-unsaturated/α-hetero) is 1. The van der Waals surface area contributed by atoms with Crippen molar-refractivity contribution in [2.24, 2.45) is 0 Å². The lowest BCUT2D eigenvalue weighted by molar-refractivity contribution is -0.144. The van der Waals surface area contributed by atoms with Gasteiger partial charge in [0.1, 0.15) is 17.1 Å². The molecule has 10 heteroatoms. The van der Waals surface area contributed by atoms with Gasteiger partial charge in [-0.2, -0.15) is 0 Å². The molecule has 9 nitrogen and oxygen atoms in total. The predicted octanol–water partition coefficient (Wildman–Crippen LogP) is 2.43. The third kappa shape index (κ3) is 5.55. The molecule has 0 saturated heterocycles. The Labute approximate surface area is 200 Å². The minimum Gasteiger partial charge on any atom is -0.482 e. The normalized spacial score (nSPS) is 10.7. The summed E-state index contributed by atoms with van der Waals surface area (Å²) in [6, 6.07) is 13.9. The number of nitrogens with zero attached hydrogens (tertiary/aromatic N) is 2. The van der Waals surface area contributed by atoms with E-state index in [1.54, 1.807) is 56.3 Å². The Morgan fingerprint density at radius 2 is 1.74 bits per heavy atom. The zero-order valence-corrected chi connectivity index (χ0v) is 19.5. The summed E-state index contributed by atoms with van der Waals surface area (Å²) < 4.78 is 12.4. The number of aryl methyl sites for hydroxylation is 1. The molecule has 34 heavy (non-hydrogen) atoms. The van der Waals surface area contributed by atoms with E-state index in [2.05, 4.69) is 0 Å². The van der Waals surface area contributed by atoms with E-state index in [9.17, 15) is 19.2 Å². The number of halogens is 1. The van der Waals surface area contributed by atoms with Crippen molar-refractivity contribution in [1.29, 1.82) is 0 Å². The van der Waals surface area contributed by atoms with Crippen LogP contribution in [0, 0.1) is 6.92 Å². The van der Waals surface area contributed by atoms with Crippen molar-refractivity contribution in [3.05, 3.63) is 91.1 Å². The van der Waals surface area contributed by atoms with Crippen LogP contribution in [0.2, 0.25) is 5.02 Å². The molecule has 0 fully saturated rings. The number of anilines is 1. The first kappa shape index (κ1) is 24.8. The van der Waals surface area contributed by atoms with E-state index >= 15 is 0 Å². The first-order valence-electron chi connectivity index (χ1n) is 10.5. The number of nitrogens with two attached hydrogens (primary N) is 1. The molecule has 0 atom stereocenters. The summed E-state index contributed by atoms with van der Waals surface area (Å²) in [5.41, 5.74) is 5.75. The summed E-state index contributed by atoms with van der Waals surface area (Å²) in [7, 11) is 0. The van der Waals surface area contributed by atoms with E-state index in [4.69, 9.17) is 26.8 Å². The number of rotatable bonds is 9. The third-order valence-corrected chi connectivity index (χ3v) is 5.52. The summed E-state index contributed by atoms with van der Waals surface area (Å²) in [5.74, 6) is -1.50. The molecule has 0 aliphatic rings. The van der Waals surface area contributed by atoms with Crippen molar-refractivity contribution in [3.63, 3.8) is 0 Å². The van der Waals surface area contributed by atoms with Gasteiger partial charge < -0.3 is 15.2 Å². The molecule has 2 aromatic carbocycles. The zero-order chi connectivity index (χ0) is 24.8. The van der Waals surface area contributed by atoms with Gasteiger partial charge in [-0.1, -0.05) is 41.9 Å². The highest BCUT2D eigenvalue weighted by molar-refractivity contribution is 6.31. The van der Waals surface area contributed by atoms with Gasteiger partial charge in [-0.25, -0.2) is 9.59 Å². The molecule has 0 aliphatic heterocycles. The number of ketones is 1. The fourth-order valence-corrected chi connectivity index (χ4v) is 3.40. The summed E-state index contributed by atoms with van der Waals surface area (Å²) in [6.07, 6.45) is 0. The Kier molecular flexibility index (Phi) is 7.91. The molecule has 3 aromatic rings. The van der Waals surface area contributed by atoms with Crippen LogP contribution in [0.3, 0.4) is 0 Å². The molecule has 0 spiro atoms. The van der Waals surface area contributed by atoms with E-state index in [0.717, 1.165) is 20.3 Å². The van der Waals surface area contributed by atoms with E-state index < -0.39 is 41.8 Å². The number of benzene rings is 2. The predicted molar refractivity (Wildman–Crippen MR) is 128 cm³/mol. The van der Waals surface area contributed by atoms with Gasteiger partial charge in [-0.3, -0.25) is 18.7 Å². The van der Waals surface area contributed by atoms with Crippen LogP contribution in [0.4, 0.5) is 5.82 Å². The van der Waals surface area contributed by atoms with Gasteiger partial charge >= 0.3 is 11.7 Å². The molecule has 0 amide bonds. The Morgan fingerprint density at radius 1 is 1.03 bits per heavy atom. The summed E-state index contributed by atoms with van der Waals surface area (Å²) >= 11 is 5.96. The molecule has 178 valence electrons. The van der Waals surface area contributed by atoms with Crippen LogP contribution in [0.25, 0.3) is 0 Å². The lowest BCUT2D eigenvalue weighted by Crippen LogP contribution is -2.44. The first-order chi connectivity index (χ1) is 16.2. The second kappa shape index (κ2) is 10.8. The fourth-order valence-electron chi connectivity index (χ4n) is 3.28. The number of nitrogen functional groups attached to an aromatic ring is 1. The Hall–Kier alpha value is -3.85. The maximum absolute atomic E-state index is 12.8. The average molecular weight is 486 g/mol. The number of hydrogen-bond donors (Lipinski definition) is 1. The highest BCUT2D eigenvalue weighted by Crippen LogP contribution is 2.21. The molecule has 0 saturated carbocycles. The largest absolute Gasteiger partial charge is 0.482 e. The van der Waals surface area contributed by atoms with Crippen molar-refractivity contribution >= 4 is 29.2 Å². The van der Waals surface area contributed by atoms with E-state index in [0.29, 0.717) is 10.8 Å². The number of aromatic nitrogens is 2. The van der Waals surface area contributed by atoms with Crippen molar-refractivity contribution in [3.8, 4) is 5.75 Å². The van der Waals surface area contributed by atoms with Crippen LogP contribution < -0.4 is 21.7 Å². The zero-order valence-electron chi connectivity index (χ0n) is 18.7. The minimum absolute atomic E-state index is 0.0428. The fraction of sp³-hybridized carbons (Fsp3) is 0.250. The van der Waals surface area contributed by atoms with Gasteiger partial charge in [0.2, 0.25) is 5.78 Å². The van der Waals surface area contributed by atoms with Gasteiger partial charge in [0.15, 0.2) is 13.2 Å². The van der Waals surface area contributed by atoms with Gasteiger partial charge in [-0.15, -0.1) is 0 Å². The van der Waals surface area contributed by atoms with Crippen molar-refractivity contribution in [1.82, 2.24) is 9.13 Å². The number of carbonyl (C=O) groups excluding carboxylic acids is 2. The molecular weight excluding hydrogens is 462 g/mol. The monoisotopic (exact) mass is 485 g/mol. The van der Waals surface area contributed by atoms with Crippen LogP contribution in [0.15, 0.2) is 58.1 Å². The first-order valence-corrected chi connectivity index (χ1v) is 10.9. The molecular formula is C24H24ClN3O6. The van der Waals surface area contributed by atoms with E-state index in [1.807, 2.05) is 6.07 Å². The highest BCUT2D eigenvalue weighted by atomic mass is 35.5. The van der Waals surface area contributed by atoms with Crippen LogP contribution in [-0.2, 0) is 22.6 Å². The minimum atomic E-state index is -0.830. The van der Waals surface area contributed by atoms with Crippen LogP contribution in [0.1, 0.15) is 28.4 Å². The SMILES string of the molecule is CCn1c(=O)c(C(=O)COC(=O)COc2ccc(Cl)c(C)c2)c(N)n(Cc2ccccc2)c1=O. The third-order valence-electron chi connectivity index (χ3n) is 5.10. The molecule has 0 unspecified atom stereocenters. The molecule has 3 rings (SSSR count). The van der Waals surface area contributed by atoms with Crippen LogP contribution >= 0.6 is 11.6 Å². The number of carbonyl (C=O) groups is 2. The number of esters is 1. The van der Waals surface area contributed by atoms with Crippen LogP contribution in [-0.4, -0.2) is 34.1 Å². The van der Waals surface area contributed by atoms with E-state index in [-0.39, 0.29) is 18.9 Å². The number of ether oxygens (including phenoxy) is 2. The van der Waals surface area contributed by atoms with Gasteiger partial charge in [0.25, 0.3) is 5.56 Å². The lowest BCUT2D eigenvalue weighted by Gasteiger charge is -2.16. The second-order valence-corrected chi connectivity index (χ2v) is 7.85. The maximum Gasteiger partial charge on any atom is 0.344 e. The van der Waals surface area contributed by atoms with Gasteiger partial charge in [-0.05, 0) is 43.2 Å². The maximum atomic E-state index is 12.8. The smallest absolute Gasteiger partial charge is 0.344 e. The van der Waals surface area contributed by atoms with Crippen LogP contribution in [0.5, 0.6) is 5.75 Å². The highest BCUT2D eigenvalue weighted by Gasteiger charge is 2.23. The van der Waals surface area contributed by atoms with E-state index in [1.165, 1.54) is 0 Å². The molecule has 1 aromatic heterocycles. The molecule has 1 heterocycles. The molecule has 0 bridgehead atoms. The molecule has 2 N–H and O–H groups in total. The average Bonchev–Trinajstić information content (AvgIpc) is 2.82. The second-order valence-electron chi connectivity index (χ2n) is 7.45. The Balaban J connectivity index is 1.76. The lowest BCUT2D eigenvalue weighted by atomic mass is 10.2. The summed E-state index contributed by atoms with van der Waals surface area (Å²) in [5, 5.41) is 0.560. The quantitative estimate of drug-likeness (QED) is 0.364. The Bertz CT molecular complexity index is 1330. The topological polar surface area (TPSA) is 123 Å². The van der Waals surface area contributed by atoms with Crippen molar-refractivity contribution < 1.29 is 19.1 Å². The molecule has 0 radical (unpaired) electrons. The van der Waals surface area contributed by atoms with Crippen molar-refractivity contribution in [2.75, 3.05) is 18.9 Å². The Morgan fingerprint density at radius 3 is 2.38 bits per heavy atom. The van der Waals surface area contributed by atoms with Crippen molar-refractivity contribution in [2.45, 2.75) is 26.9 Å². The molecule has 0 aliphatic carbocycles. The van der Waals surface area contributed by atoms with Gasteiger partial charge in [0, 0.05) is 11.6 Å². The number of hydrogen-bond acceptors (Lipinski definition) is 7. The summed E-state index contributed by atoms with van der Waals surface area (Å²) in [6.45, 7) is 2.33. The standard InChI is InChI=1S/C24H24ClN3O6/c1-3-27-23(31)21(22(26)28(24(27)32)12-16-7-5-4-6-8-16)19(29)13-34-20(30)14-33-17-9-10-18(25)15(2)11-17/h4-11H,3,12-14,26H2,1-2H3. The van der Waals surface area contributed by atoms with Gasteiger partial charge in [0.05, 0.1) is 6.54 Å².